The van der Waals surface area contributed by atoms with Gasteiger partial charge in [0.25, 0.3) is 0 Å². The van der Waals surface area contributed by atoms with Gasteiger partial charge in [-0.3, -0.25) is 4.79 Å². The fraction of sp³-hybridized carbons (Fsp3) is 0.750. The van der Waals surface area contributed by atoms with Crippen LogP contribution in [0.5, 0.6) is 0 Å². The number of Topliss-reactive ketones (excluding diaryl/α,β-unsaturated/α-hetero) is 1. The van der Waals surface area contributed by atoms with Crippen molar-refractivity contribution in [2.75, 3.05) is 20.1 Å². The standard InChI is InChI=1S/C31H49NO.C3H9N.C2H4.H2/c1-7-9-24-14-16-31(20-24,27(33)10-8-17-32)30(6)19-22(3)28-26(23(30)4)12-11-25-18-21(2)13-15-29(25,28)5;1-3-4-2;1-2;/h13,15,18,22-24,26,28H,2,7-12,14,16-17,19-20,32H2,1,3-6H3;4H,3H2,1-2H3;1-2H2;1H. The molecular weight excluding hydrogens is 476 g/mol. The summed E-state index contributed by atoms with van der Waals surface area (Å²) in [5.74, 6) is 3.79. The van der Waals surface area contributed by atoms with Gasteiger partial charge in [0.15, 0.2) is 0 Å². The smallest absolute Gasteiger partial charge is 0.139 e. The summed E-state index contributed by atoms with van der Waals surface area (Å²) in [5.41, 5.74) is 8.69. The predicted octanol–water partition coefficient (Wildman–Crippen LogP) is 8.92. The van der Waals surface area contributed by atoms with E-state index in [2.05, 4.69) is 84.8 Å². The lowest BCUT2D eigenvalue weighted by atomic mass is 9.40. The van der Waals surface area contributed by atoms with Crippen molar-refractivity contribution in [1.82, 2.24) is 5.32 Å². The molecule has 8 unspecified atom stereocenters. The minimum absolute atomic E-state index is 0. The highest BCUT2D eigenvalue weighted by Gasteiger charge is 2.64. The largest absolute Gasteiger partial charge is 0.330 e. The number of nitrogens with two attached hydrogens (primary N) is 1. The molecule has 4 aliphatic carbocycles. The second-order valence-corrected chi connectivity index (χ2v) is 13.5. The summed E-state index contributed by atoms with van der Waals surface area (Å²) in [7, 11) is 1.93. The number of rotatable bonds is 8. The van der Waals surface area contributed by atoms with Gasteiger partial charge in [-0.1, -0.05) is 84.8 Å². The molecule has 39 heavy (non-hydrogen) atoms. The van der Waals surface area contributed by atoms with Crippen LogP contribution in [0.3, 0.4) is 0 Å². The van der Waals surface area contributed by atoms with Crippen LogP contribution in [0.2, 0.25) is 0 Å². The van der Waals surface area contributed by atoms with Crippen LogP contribution in [-0.2, 0) is 4.79 Å². The third-order valence-corrected chi connectivity index (χ3v) is 11.5. The summed E-state index contributed by atoms with van der Waals surface area (Å²) < 4.78 is 0. The average molecular weight is 541 g/mol. The SMILES string of the molecule is C=C.C=C1C=CC2(C)C(=C1)CCC1C2C(C)CC(C)(C2(C(=O)CCCN)CCC(CCC)C2)C1C.CCNC.[HH]. The lowest BCUT2D eigenvalue weighted by Crippen LogP contribution is -2.59. The summed E-state index contributed by atoms with van der Waals surface area (Å²) in [6, 6.07) is 0. The summed E-state index contributed by atoms with van der Waals surface area (Å²) in [6.07, 6.45) is 18.2. The Hall–Kier alpha value is -1.45. The van der Waals surface area contributed by atoms with Gasteiger partial charge in [-0.2, -0.15) is 0 Å². The van der Waals surface area contributed by atoms with Crippen LogP contribution in [0.15, 0.2) is 49.1 Å². The molecule has 4 aliphatic rings. The van der Waals surface area contributed by atoms with Crippen molar-refractivity contribution in [2.45, 2.75) is 106 Å². The third-order valence-electron chi connectivity index (χ3n) is 11.5. The Balaban J connectivity index is 0.00000105. The van der Waals surface area contributed by atoms with Gasteiger partial charge >= 0.3 is 0 Å². The normalized spacial score (nSPS) is 38.8. The molecule has 0 bridgehead atoms. The number of hydrogen-bond donors (Lipinski definition) is 2. The van der Waals surface area contributed by atoms with Gasteiger partial charge in [-0.25, -0.2) is 0 Å². The fourth-order valence-electron chi connectivity index (χ4n) is 9.48. The van der Waals surface area contributed by atoms with Crippen LogP contribution in [-0.4, -0.2) is 25.9 Å². The maximum atomic E-state index is 14.0. The molecule has 0 spiro atoms. The minimum atomic E-state index is -0.144. The molecule has 0 aromatic carbocycles. The molecule has 4 rings (SSSR count). The first-order chi connectivity index (χ1) is 18.5. The highest BCUT2D eigenvalue weighted by molar-refractivity contribution is 5.86. The Morgan fingerprint density at radius 2 is 1.85 bits per heavy atom. The van der Waals surface area contributed by atoms with E-state index in [9.17, 15) is 4.79 Å². The topological polar surface area (TPSA) is 55.1 Å². The number of carbonyl (C=O) groups excluding carboxylic acids is 1. The van der Waals surface area contributed by atoms with E-state index < -0.39 is 0 Å². The first-order valence-electron chi connectivity index (χ1n) is 16.0. The van der Waals surface area contributed by atoms with Crippen LogP contribution in [0.4, 0.5) is 0 Å². The lowest BCUT2D eigenvalue weighted by Gasteiger charge is -2.63. The van der Waals surface area contributed by atoms with Crippen LogP contribution >= 0.6 is 0 Å². The van der Waals surface area contributed by atoms with Crippen molar-refractivity contribution < 1.29 is 6.22 Å². The molecule has 0 aromatic heterocycles. The molecule has 0 aromatic rings. The number of allylic oxidation sites excluding steroid dienone is 5. The molecule has 3 N–H and O–H groups in total. The summed E-state index contributed by atoms with van der Waals surface area (Å²) in [4.78, 5) is 14.0. The number of nitrogens with one attached hydrogen (secondary N) is 1. The van der Waals surface area contributed by atoms with Gasteiger partial charge < -0.3 is 11.1 Å². The number of ketones is 1. The molecule has 3 heteroatoms. The maximum Gasteiger partial charge on any atom is 0.139 e. The first kappa shape index (κ1) is 33.8. The quantitative estimate of drug-likeness (QED) is 0.302. The van der Waals surface area contributed by atoms with Crippen molar-refractivity contribution in [1.29, 1.82) is 0 Å². The van der Waals surface area contributed by atoms with Crippen LogP contribution < -0.4 is 11.1 Å². The zero-order chi connectivity index (χ0) is 29.4. The van der Waals surface area contributed by atoms with Gasteiger partial charge in [0.05, 0.1) is 0 Å². The Morgan fingerprint density at radius 1 is 1.18 bits per heavy atom. The van der Waals surface area contributed by atoms with Crippen molar-refractivity contribution in [3.05, 3.63) is 49.1 Å². The molecule has 0 heterocycles. The molecule has 3 nitrogen and oxygen atoms in total. The lowest BCUT2D eigenvalue weighted by molar-refractivity contribution is -0.158. The Kier molecular flexibility index (Phi) is 12.5. The summed E-state index contributed by atoms with van der Waals surface area (Å²) in [5, 5.41) is 2.93. The van der Waals surface area contributed by atoms with Gasteiger partial charge in [0.2, 0.25) is 0 Å². The second-order valence-electron chi connectivity index (χ2n) is 13.5. The van der Waals surface area contributed by atoms with Gasteiger partial charge in [-0.05, 0) is 106 Å². The van der Waals surface area contributed by atoms with Crippen LogP contribution in [0, 0.1) is 45.8 Å². The van der Waals surface area contributed by atoms with E-state index in [0.29, 0.717) is 42.4 Å². The molecule has 0 aliphatic heterocycles. The van der Waals surface area contributed by atoms with Crippen molar-refractivity contribution in [2.24, 2.45) is 51.6 Å². The van der Waals surface area contributed by atoms with Gasteiger partial charge in [0, 0.05) is 18.7 Å². The molecule has 3 saturated carbocycles. The average Bonchev–Trinajstić information content (AvgIpc) is 3.37. The van der Waals surface area contributed by atoms with Crippen molar-refractivity contribution >= 4 is 5.78 Å². The minimum Gasteiger partial charge on any atom is -0.330 e. The predicted molar refractivity (Wildman–Crippen MR) is 173 cm³/mol. The van der Waals surface area contributed by atoms with Gasteiger partial charge in [0.1, 0.15) is 5.78 Å². The molecule has 3 fully saturated rings. The van der Waals surface area contributed by atoms with Crippen molar-refractivity contribution in [3.63, 3.8) is 0 Å². The van der Waals surface area contributed by atoms with E-state index in [-0.39, 0.29) is 17.7 Å². The molecule has 0 saturated heterocycles. The third kappa shape index (κ3) is 6.40. The zero-order valence-electron chi connectivity index (χ0n) is 26.7. The summed E-state index contributed by atoms with van der Waals surface area (Å²) >= 11 is 0. The van der Waals surface area contributed by atoms with Crippen molar-refractivity contribution in [3.8, 4) is 0 Å². The maximum absolute atomic E-state index is 14.0. The Labute approximate surface area is 243 Å². The number of hydrogen-bond acceptors (Lipinski definition) is 3. The van der Waals surface area contributed by atoms with E-state index >= 15 is 0 Å². The molecule has 224 valence electrons. The fourth-order valence-corrected chi connectivity index (χ4v) is 9.48. The van der Waals surface area contributed by atoms with E-state index in [0.717, 1.165) is 37.3 Å². The molecule has 8 atom stereocenters. The highest BCUT2D eigenvalue weighted by Crippen LogP contribution is 2.69. The Morgan fingerprint density at radius 3 is 2.44 bits per heavy atom. The highest BCUT2D eigenvalue weighted by atomic mass is 16.1. The van der Waals surface area contributed by atoms with E-state index in [4.69, 9.17) is 5.73 Å². The van der Waals surface area contributed by atoms with E-state index in [1.165, 1.54) is 38.5 Å². The molecule has 0 radical (unpaired) electrons. The first-order valence-corrected chi connectivity index (χ1v) is 16.0. The monoisotopic (exact) mass is 541 g/mol. The van der Waals surface area contributed by atoms with E-state index in [1.54, 1.807) is 5.57 Å². The zero-order valence-corrected chi connectivity index (χ0v) is 26.7. The second kappa shape index (κ2) is 14.4. The van der Waals surface area contributed by atoms with Gasteiger partial charge in [-0.15, -0.1) is 13.2 Å². The number of fused-ring (bicyclic) bond motifs is 3. The number of carbonyl (C=O) groups is 1. The molecule has 0 amide bonds. The van der Waals surface area contributed by atoms with Crippen LogP contribution in [0.25, 0.3) is 0 Å². The van der Waals surface area contributed by atoms with Crippen LogP contribution in [0.1, 0.15) is 107 Å². The summed E-state index contributed by atoms with van der Waals surface area (Å²) in [6.45, 7) is 26.3. The Bertz CT molecular complexity index is 893. The van der Waals surface area contributed by atoms with E-state index in [1.807, 2.05) is 7.05 Å². The molecular formula is C36H64N2O.